The van der Waals surface area contributed by atoms with E-state index in [1.165, 1.54) is 23.6 Å². The molecule has 0 bridgehead atoms. The van der Waals surface area contributed by atoms with Crippen LogP contribution in [0.15, 0.2) is 102 Å². The number of rotatable bonds is 11. The van der Waals surface area contributed by atoms with E-state index in [1.54, 1.807) is 22.5 Å². The normalized spacial score (nSPS) is 20.1. The Morgan fingerprint density at radius 2 is 1.50 bits per heavy atom. The molecule has 0 amide bonds. The Hall–Kier alpha value is -3.04. The molecule has 0 saturated carbocycles. The van der Waals surface area contributed by atoms with Gasteiger partial charge in [-0.1, -0.05) is 112 Å². The zero-order valence-electron chi connectivity index (χ0n) is 26.9. The summed E-state index contributed by atoms with van der Waals surface area (Å²) in [5.74, 6) is -0.331. The third kappa shape index (κ3) is 7.25. The van der Waals surface area contributed by atoms with Crippen LogP contribution >= 0.6 is 0 Å². The molecule has 3 aromatic carbocycles. The number of carbonyl (C=O) groups excluding carboxylic acids is 1. The monoisotopic (exact) mass is 633 g/mol. The zero-order valence-corrected chi connectivity index (χ0v) is 28.7. The minimum atomic E-state index is -3.83. The molecule has 0 radical (unpaired) electrons. The van der Waals surface area contributed by atoms with Crippen molar-refractivity contribution in [2.45, 2.75) is 82.3 Å². The van der Waals surface area contributed by atoms with Gasteiger partial charge in [0.05, 0.1) is 12.0 Å². The van der Waals surface area contributed by atoms with Gasteiger partial charge in [-0.2, -0.15) is 4.31 Å². The highest BCUT2D eigenvalue weighted by molar-refractivity contribution is 7.89. The Bertz CT molecular complexity index is 1460. The number of hydrogen-bond donors (Lipinski definition) is 0. The summed E-state index contributed by atoms with van der Waals surface area (Å²) in [5.41, 5.74) is 1.00. The first kappa shape index (κ1) is 33.8. The Kier molecular flexibility index (Phi) is 11.1. The molecule has 1 heterocycles. The van der Waals surface area contributed by atoms with Crippen molar-refractivity contribution in [2.75, 3.05) is 13.7 Å². The van der Waals surface area contributed by atoms with Gasteiger partial charge < -0.3 is 9.16 Å². The predicted octanol–water partition coefficient (Wildman–Crippen LogP) is 6.24. The number of ether oxygens (including phenoxy) is 1. The van der Waals surface area contributed by atoms with Crippen molar-refractivity contribution >= 4 is 34.7 Å². The molecule has 6 nitrogen and oxygen atoms in total. The summed E-state index contributed by atoms with van der Waals surface area (Å²) in [6.45, 7) is 11.2. The van der Waals surface area contributed by atoms with Crippen LogP contribution in [-0.4, -0.2) is 52.8 Å². The average molecular weight is 634 g/mol. The van der Waals surface area contributed by atoms with E-state index in [2.05, 4.69) is 76.2 Å². The van der Waals surface area contributed by atoms with Gasteiger partial charge in [-0.05, 0) is 66.1 Å². The molecular weight excluding hydrogens is 587 g/mol. The van der Waals surface area contributed by atoms with Crippen molar-refractivity contribution in [3.05, 3.63) is 103 Å². The van der Waals surface area contributed by atoms with E-state index in [0.717, 1.165) is 18.4 Å². The molecule has 1 saturated heterocycles. The van der Waals surface area contributed by atoms with Crippen LogP contribution in [0.25, 0.3) is 0 Å². The maximum atomic E-state index is 14.4. The highest BCUT2D eigenvalue weighted by Crippen LogP contribution is 2.39. The molecule has 44 heavy (non-hydrogen) atoms. The van der Waals surface area contributed by atoms with Gasteiger partial charge in [0.2, 0.25) is 10.0 Å². The van der Waals surface area contributed by atoms with E-state index in [0.29, 0.717) is 19.4 Å². The molecule has 8 heteroatoms. The number of methoxy groups -OCH3 is 1. The maximum absolute atomic E-state index is 14.4. The van der Waals surface area contributed by atoms with Crippen LogP contribution in [0.4, 0.5) is 0 Å². The third-order valence-corrected chi connectivity index (χ3v) is 15.9. The molecule has 0 N–H and O–H groups in total. The van der Waals surface area contributed by atoms with Crippen LogP contribution in [0, 0.1) is 12.8 Å². The molecule has 0 spiro atoms. The van der Waals surface area contributed by atoms with E-state index in [-0.39, 0.29) is 27.9 Å². The van der Waals surface area contributed by atoms with Gasteiger partial charge in [0, 0.05) is 24.8 Å². The molecule has 3 atom stereocenters. The summed E-state index contributed by atoms with van der Waals surface area (Å²) in [6, 6.07) is 27.6. The van der Waals surface area contributed by atoms with E-state index in [9.17, 15) is 13.2 Å². The molecule has 1 aliphatic rings. The molecule has 236 valence electrons. The minimum Gasteiger partial charge on any atom is -0.466 e. The van der Waals surface area contributed by atoms with Crippen LogP contribution < -0.4 is 10.4 Å². The smallest absolute Gasteiger partial charge is 0.330 e. The van der Waals surface area contributed by atoms with Crippen molar-refractivity contribution in [3.63, 3.8) is 0 Å². The number of sulfonamides is 1. The van der Waals surface area contributed by atoms with Gasteiger partial charge in [0.25, 0.3) is 8.32 Å². The fraction of sp³-hybridized carbons (Fsp3) is 0.417. The number of aryl methyl sites for hydroxylation is 1. The van der Waals surface area contributed by atoms with Crippen molar-refractivity contribution in [1.82, 2.24) is 4.31 Å². The summed E-state index contributed by atoms with van der Waals surface area (Å²) in [6.07, 6.45) is 5.76. The number of carbonyl (C=O) groups is 1. The van der Waals surface area contributed by atoms with Crippen molar-refractivity contribution in [1.29, 1.82) is 0 Å². The van der Waals surface area contributed by atoms with Crippen LogP contribution in [0.2, 0.25) is 5.04 Å². The quantitative estimate of drug-likeness (QED) is 0.142. The summed E-state index contributed by atoms with van der Waals surface area (Å²) in [7, 11) is -5.26. The summed E-state index contributed by atoms with van der Waals surface area (Å²) in [4.78, 5) is 12.1. The fourth-order valence-corrected chi connectivity index (χ4v) is 13.1. The highest BCUT2D eigenvalue weighted by atomic mass is 32.2. The number of nitrogens with zero attached hydrogens (tertiary/aromatic N) is 1. The summed E-state index contributed by atoms with van der Waals surface area (Å²) in [5, 5.41) is 2.22. The fourth-order valence-electron chi connectivity index (χ4n) is 6.59. The molecule has 1 fully saturated rings. The average Bonchev–Trinajstić information content (AvgIpc) is 3.00. The molecule has 1 aliphatic heterocycles. The maximum Gasteiger partial charge on any atom is 0.330 e. The molecular formula is C36H47NO5SSi. The topological polar surface area (TPSA) is 72.9 Å². The number of hydrogen-bond acceptors (Lipinski definition) is 5. The van der Waals surface area contributed by atoms with Gasteiger partial charge in [-0.25, -0.2) is 13.2 Å². The van der Waals surface area contributed by atoms with Crippen molar-refractivity contribution in [3.8, 4) is 0 Å². The van der Waals surface area contributed by atoms with E-state index < -0.39 is 24.3 Å². The SMILES string of the molecule is COC(=O)/C=C/C[C@H]1[C@H](C)CC[C@@H](CCO[Si](c2ccccc2)(c2ccccc2)C(C)(C)C)N1S(=O)(=O)c1ccc(C)cc1. The van der Waals surface area contributed by atoms with Crippen LogP contribution in [0.1, 0.15) is 58.9 Å². The van der Waals surface area contributed by atoms with Gasteiger partial charge in [0.15, 0.2) is 0 Å². The van der Waals surface area contributed by atoms with Crippen molar-refractivity contribution in [2.24, 2.45) is 5.92 Å². The second-order valence-corrected chi connectivity index (χ2v) is 19.0. The van der Waals surface area contributed by atoms with E-state index in [4.69, 9.17) is 9.16 Å². The second kappa shape index (κ2) is 14.4. The molecule has 0 unspecified atom stereocenters. The lowest BCUT2D eigenvalue weighted by molar-refractivity contribution is -0.134. The Morgan fingerprint density at radius 1 is 0.932 bits per heavy atom. The van der Waals surface area contributed by atoms with Gasteiger partial charge >= 0.3 is 5.97 Å². The number of esters is 1. The van der Waals surface area contributed by atoms with E-state index in [1.807, 2.05) is 31.2 Å². The summed E-state index contributed by atoms with van der Waals surface area (Å²) < 4.78 is 42.4. The Labute approximate surface area is 265 Å². The number of benzene rings is 3. The van der Waals surface area contributed by atoms with Crippen molar-refractivity contribution < 1.29 is 22.4 Å². The van der Waals surface area contributed by atoms with Crippen LogP contribution in [0.5, 0.6) is 0 Å². The number of piperidine rings is 1. The third-order valence-electron chi connectivity index (χ3n) is 8.91. The first-order valence-corrected chi connectivity index (χ1v) is 18.9. The van der Waals surface area contributed by atoms with Crippen LogP contribution in [0.3, 0.4) is 0 Å². The lowest BCUT2D eigenvalue weighted by atomic mass is 9.86. The molecule has 0 aromatic heterocycles. The predicted molar refractivity (Wildman–Crippen MR) is 180 cm³/mol. The van der Waals surface area contributed by atoms with E-state index >= 15 is 0 Å². The van der Waals surface area contributed by atoms with Crippen LogP contribution in [-0.2, 0) is 24.0 Å². The second-order valence-electron chi connectivity index (χ2n) is 12.9. The first-order chi connectivity index (χ1) is 20.9. The lowest BCUT2D eigenvalue weighted by Crippen LogP contribution is -2.66. The standard InChI is InChI=1S/C36H47NO5SSi/c1-28-20-24-31(25-21-28)43(39,40)37-30(23-22-29(2)34(37)18-13-19-35(38)41-6)26-27-42-44(36(3,4)5,32-14-9-7-10-15-32)33-16-11-8-12-17-33/h7-17,19-21,24-25,29-30,34H,18,22-23,26-27H2,1-6H3/b19-13+/t29-,30+,34+/m1/s1. The Morgan fingerprint density at radius 3 is 2.02 bits per heavy atom. The molecule has 0 aliphatic carbocycles. The minimum absolute atomic E-state index is 0.117. The molecule has 3 aromatic rings. The largest absolute Gasteiger partial charge is 0.466 e. The molecule has 4 rings (SSSR count). The summed E-state index contributed by atoms with van der Waals surface area (Å²) >= 11 is 0. The lowest BCUT2D eigenvalue weighted by Gasteiger charge is -2.46. The van der Waals surface area contributed by atoms with Gasteiger partial charge in [-0.3, -0.25) is 0 Å². The zero-order chi connectivity index (χ0) is 32.0. The first-order valence-electron chi connectivity index (χ1n) is 15.5. The van der Waals surface area contributed by atoms with Gasteiger partial charge in [-0.15, -0.1) is 0 Å². The van der Waals surface area contributed by atoms with Gasteiger partial charge in [0.1, 0.15) is 0 Å². The highest BCUT2D eigenvalue weighted by Gasteiger charge is 2.50. The Balaban J connectivity index is 1.70.